The van der Waals surface area contributed by atoms with Gasteiger partial charge in [-0.25, -0.2) is 4.39 Å². The summed E-state index contributed by atoms with van der Waals surface area (Å²) in [5.74, 6) is -0.797. The Morgan fingerprint density at radius 2 is 1.96 bits per heavy atom. The average Bonchev–Trinajstić information content (AvgIpc) is 3.07. The number of nitrogens with zero attached hydrogens (tertiary/aromatic N) is 3. The van der Waals surface area contributed by atoms with E-state index in [1.54, 1.807) is 6.07 Å². The average molecular weight is 409 g/mol. The monoisotopic (exact) mass is 408 g/mol. The zero-order chi connectivity index (χ0) is 19.4. The van der Waals surface area contributed by atoms with Crippen molar-refractivity contribution in [2.24, 2.45) is 0 Å². The molecule has 1 fully saturated rings. The van der Waals surface area contributed by atoms with E-state index < -0.39 is 11.7 Å². The van der Waals surface area contributed by atoms with E-state index in [0.717, 1.165) is 19.3 Å². The van der Waals surface area contributed by atoms with Crippen LogP contribution in [0.15, 0.2) is 28.6 Å². The molecule has 144 valence electrons. The molecule has 0 saturated carbocycles. The topological polar surface area (TPSA) is 75.2 Å². The van der Waals surface area contributed by atoms with Crippen molar-refractivity contribution in [1.29, 1.82) is 0 Å². The first kappa shape index (κ1) is 19.8. The molecule has 2 heterocycles. The second-order valence-corrected chi connectivity index (χ2v) is 8.73. The highest BCUT2D eigenvalue weighted by molar-refractivity contribution is 8.01. The Hall–Kier alpha value is -2.00. The van der Waals surface area contributed by atoms with Crippen molar-refractivity contribution in [3.63, 3.8) is 0 Å². The molecule has 1 aromatic heterocycles. The van der Waals surface area contributed by atoms with Crippen LogP contribution in [0.4, 0.5) is 9.52 Å². The molecule has 1 N–H and O–H groups in total. The van der Waals surface area contributed by atoms with Crippen molar-refractivity contribution >= 4 is 40.0 Å². The SMILES string of the molecule is C[C@@H]1CCC[C@@H](C)N1C(=O)CSc1nnc(NC(=O)c2ccccc2F)s1. The Bertz CT molecular complexity index is 819. The molecule has 2 aromatic rings. The molecule has 0 aliphatic carbocycles. The summed E-state index contributed by atoms with van der Waals surface area (Å²) < 4.78 is 14.2. The van der Waals surface area contributed by atoms with Crippen molar-refractivity contribution in [3.05, 3.63) is 35.6 Å². The molecule has 2 amide bonds. The molecule has 2 atom stereocenters. The highest BCUT2D eigenvalue weighted by Gasteiger charge is 2.28. The number of nitrogens with one attached hydrogen (secondary N) is 1. The van der Waals surface area contributed by atoms with Crippen molar-refractivity contribution < 1.29 is 14.0 Å². The fraction of sp³-hybridized carbons (Fsp3) is 0.444. The number of halogens is 1. The summed E-state index contributed by atoms with van der Waals surface area (Å²) in [4.78, 5) is 26.6. The summed E-state index contributed by atoms with van der Waals surface area (Å²) in [5.41, 5.74) is -0.0508. The Balaban J connectivity index is 1.56. The normalized spacial score (nSPS) is 19.7. The van der Waals surface area contributed by atoms with Gasteiger partial charge in [0.15, 0.2) is 4.34 Å². The summed E-state index contributed by atoms with van der Waals surface area (Å²) in [6, 6.07) is 6.25. The summed E-state index contributed by atoms with van der Waals surface area (Å²) in [6.45, 7) is 4.17. The van der Waals surface area contributed by atoms with E-state index in [2.05, 4.69) is 29.4 Å². The zero-order valence-corrected chi connectivity index (χ0v) is 16.8. The van der Waals surface area contributed by atoms with Gasteiger partial charge in [-0.2, -0.15) is 0 Å². The molecule has 1 aromatic carbocycles. The maximum absolute atomic E-state index is 13.7. The molecule has 1 aliphatic rings. The number of piperidine rings is 1. The predicted octanol–water partition coefficient (Wildman–Crippen LogP) is 3.81. The van der Waals surface area contributed by atoms with Crippen molar-refractivity contribution in [2.45, 2.75) is 49.5 Å². The second-order valence-electron chi connectivity index (χ2n) is 6.53. The molecule has 9 heteroatoms. The summed E-state index contributed by atoms with van der Waals surface area (Å²) >= 11 is 2.47. The largest absolute Gasteiger partial charge is 0.337 e. The van der Waals surface area contributed by atoms with Crippen molar-refractivity contribution in [2.75, 3.05) is 11.1 Å². The lowest BCUT2D eigenvalue weighted by Crippen LogP contribution is -2.48. The van der Waals surface area contributed by atoms with Crippen LogP contribution in [0.2, 0.25) is 0 Å². The minimum atomic E-state index is -0.593. The van der Waals surface area contributed by atoms with Gasteiger partial charge in [-0.3, -0.25) is 14.9 Å². The van der Waals surface area contributed by atoms with E-state index in [9.17, 15) is 14.0 Å². The van der Waals surface area contributed by atoms with E-state index in [4.69, 9.17) is 0 Å². The van der Waals surface area contributed by atoms with Crippen LogP contribution in [0.1, 0.15) is 43.5 Å². The van der Waals surface area contributed by atoms with Gasteiger partial charge in [0.25, 0.3) is 5.91 Å². The second kappa shape index (κ2) is 8.79. The summed E-state index contributed by atoms with van der Waals surface area (Å²) in [6.07, 6.45) is 3.22. The number of benzene rings is 1. The van der Waals surface area contributed by atoms with Gasteiger partial charge in [0.2, 0.25) is 11.0 Å². The molecular weight excluding hydrogens is 387 g/mol. The molecule has 0 spiro atoms. The zero-order valence-electron chi connectivity index (χ0n) is 15.1. The van der Waals surface area contributed by atoms with Gasteiger partial charge in [-0.05, 0) is 45.2 Å². The first-order valence-electron chi connectivity index (χ1n) is 8.79. The molecule has 0 unspecified atom stereocenters. The first-order valence-corrected chi connectivity index (χ1v) is 10.6. The van der Waals surface area contributed by atoms with Crippen LogP contribution in [-0.2, 0) is 4.79 Å². The molecule has 1 aliphatic heterocycles. The number of hydrogen-bond donors (Lipinski definition) is 1. The quantitative estimate of drug-likeness (QED) is 0.601. The van der Waals surface area contributed by atoms with Crippen LogP contribution in [0.25, 0.3) is 0 Å². The minimum absolute atomic E-state index is 0.0508. The summed E-state index contributed by atoms with van der Waals surface area (Å²) in [7, 11) is 0. The third-order valence-electron chi connectivity index (χ3n) is 4.55. The molecule has 1 saturated heterocycles. The van der Waals surface area contributed by atoms with E-state index in [1.807, 2.05) is 4.90 Å². The van der Waals surface area contributed by atoms with Crippen LogP contribution >= 0.6 is 23.1 Å². The number of amides is 2. The van der Waals surface area contributed by atoms with Crippen LogP contribution in [-0.4, -0.2) is 44.7 Å². The van der Waals surface area contributed by atoms with Gasteiger partial charge in [-0.1, -0.05) is 35.2 Å². The lowest BCUT2D eigenvalue weighted by Gasteiger charge is -2.39. The number of carbonyl (C=O) groups is 2. The predicted molar refractivity (Wildman–Crippen MR) is 105 cm³/mol. The molecule has 27 heavy (non-hydrogen) atoms. The van der Waals surface area contributed by atoms with Crippen LogP contribution in [0, 0.1) is 5.82 Å². The van der Waals surface area contributed by atoms with E-state index in [-0.39, 0.29) is 34.4 Å². The van der Waals surface area contributed by atoms with E-state index in [1.165, 1.54) is 41.3 Å². The minimum Gasteiger partial charge on any atom is -0.337 e. The fourth-order valence-electron chi connectivity index (χ4n) is 3.24. The van der Waals surface area contributed by atoms with Gasteiger partial charge < -0.3 is 4.90 Å². The van der Waals surface area contributed by atoms with E-state index >= 15 is 0 Å². The Kier molecular flexibility index (Phi) is 6.43. The Morgan fingerprint density at radius 1 is 1.26 bits per heavy atom. The van der Waals surface area contributed by atoms with Gasteiger partial charge in [0.05, 0.1) is 11.3 Å². The number of rotatable bonds is 5. The highest BCUT2D eigenvalue weighted by atomic mass is 32.2. The molecular formula is C18H21FN4O2S2. The standard InChI is InChI=1S/C18H21FN4O2S2/c1-11-6-5-7-12(2)23(11)15(24)10-26-18-22-21-17(27-18)20-16(25)13-8-3-4-9-14(13)19/h3-4,8-9,11-12H,5-7,10H2,1-2H3,(H,20,21,25)/t11-,12-/m1/s1. The van der Waals surface area contributed by atoms with Gasteiger partial charge >= 0.3 is 0 Å². The molecule has 6 nitrogen and oxygen atoms in total. The maximum Gasteiger partial charge on any atom is 0.260 e. The van der Waals surface area contributed by atoms with Crippen molar-refractivity contribution in [3.8, 4) is 0 Å². The fourth-order valence-corrected chi connectivity index (χ4v) is 4.86. The van der Waals surface area contributed by atoms with Crippen LogP contribution in [0.3, 0.4) is 0 Å². The summed E-state index contributed by atoms with van der Waals surface area (Å²) in [5, 5.41) is 10.7. The van der Waals surface area contributed by atoms with Crippen LogP contribution < -0.4 is 5.32 Å². The maximum atomic E-state index is 13.7. The highest BCUT2D eigenvalue weighted by Crippen LogP contribution is 2.28. The third-order valence-corrected chi connectivity index (χ3v) is 6.50. The number of hydrogen-bond acceptors (Lipinski definition) is 6. The van der Waals surface area contributed by atoms with Gasteiger partial charge in [-0.15, -0.1) is 10.2 Å². The van der Waals surface area contributed by atoms with Crippen molar-refractivity contribution in [1.82, 2.24) is 15.1 Å². The Labute approximate surface area is 165 Å². The lowest BCUT2D eigenvalue weighted by molar-refractivity contribution is -0.134. The van der Waals surface area contributed by atoms with Crippen LogP contribution in [0.5, 0.6) is 0 Å². The smallest absolute Gasteiger partial charge is 0.260 e. The number of anilines is 1. The Morgan fingerprint density at radius 3 is 2.67 bits per heavy atom. The van der Waals surface area contributed by atoms with Gasteiger partial charge in [0, 0.05) is 12.1 Å². The molecule has 0 bridgehead atoms. The molecule has 3 rings (SSSR count). The third kappa shape index (κ3) is 4.84. The lowest BCUT2D eigenvalue weighted by atomic mass is 9.98. The number of thioether (sulfide) groups is 1. The molecule has 0 radical (unpaired) electrons. The number of aromatic nitrogens is 2. The number of likely N-dealkylation sites (tertiary alicyclic amines) is 1. The van der Waals surface area contributed by atoms with E-state index in [0.29, 0.717) is 4.34 Å². The number of carbonyl (C=O) groups excluding carboxylic acids is 2. The van der Waals surface area contributed by atoms with Gasteiger partial charge in [0.1, 0.15) is 5.82 Å². The first-order chi connectivity index (χ1) is 13.0.